The molecule has 0 saturated heterocycles. The lowest BCUT2D eigenvalue weighted by molar-refractivity contribution is -0.105. The number of nitrogens with zero attached hydrogens (tertiary/aromatic N) is 2. The Hall–Kier alpha value is -3.15. The number of carbonyl (C=O) groups excluding carboxylic acids is 1. The van der Waals surface area contributed by atoms with Crippen LogP contribution < -0.4 is 5.32 Å². The predicted molar refractivity (Wildman–Crippen MR) is 80.9 cm³/mol. The third-order valence-corrected chi connectivity index (χ3v) is 3.40. The van der Waals surface area contributed by atoms with Gasteiger partial charge in [0.2, 0.25) is 6.41 Å². The van der Waals surface area contributed by atoms with E-state index in [-0.39, 0.29) is 0 Å². The van der Waals surface area contributed by atoms with Gasteiger partial charge in [0.15, 0.2) is 0 Å². The Morgan fingerprint density at radius 2 is 1.95 bits per heavy atom. The van der Waals surface area contributed by atoms with Crippen LogP contribution in [-0.2, 0) is 4.79 Å². The lowest BCUT2D eigenvalue weighted by atomic mass is 10.2. The molecule has 0 unspecified atom stereocenters. The highest BCUT2D eigenvalue weighted by Crippen LogP contribution is 2.24. The Bertz CT molecular complexity index is 953. The smallest absolute Gasteiger partial charge is 0.211 e. The fourth-order valence-electron chi connectivity index (χ4n) is 2.39. The van der Waals surface area contributed by atoms with E-state index in [0.717, 1.165) is 39.1 Å². The van der Waals surface area contributed by atoms with E-state index in [4.69, 9.17) is 0 Å². The van der Waals surface area contributed by atoms with Crippen molar-refractivity contribution in [1.82, 2.24) is 19.9 Å². The summed E-state index contributed by atoms with van der Waals surface area (Å²) in [4.78, 5) is 25.6. The quantitative estimate of drug-likeness (QED) is 0.503. The molecule has 0 bridgehead atoms. The van der Waals surface area contributed by atoms with Crippen LogP contribution in [0.2, 0.25) is 0 Å². The van der Waals surface area contributed by atoms with Crippen molar-refractivity contribution in [3.05, 3.63) is 42.7 Å². The van der Waals surface area contributed by atoms with Crippen molar-refractivity contribution in [3.8, 4) is 11.4 Å². The molecule has 2 aromatic carbocycles. The zero-order chi connectivity index (χ0) is 14.2. The van der Waals surface area contributed by atoms with Gasteiger partial charge in [-0.2, -0.15) is 0 Å². The number of aromatic amines is 2. The summed E-state index contributed by atoms with van der Waals surface area (Å²) in [7, 11) is 0. The molecule has 21 heavy (non-hydrogen) atoms. The highest BCUT2D eigenvalue weighted by atomic mass is 16.1. The third kappa shape index (κ3) is 1.93. The van der Waals surface area contributed by atoms with Crippen molar-refractivity contribution in [3.63, 3.8) is 0 Å². The Kier molecular flexibility index (Phi) is 2.47. The fourth-order valence-corrected chi connectivity index (χ4v) is 2.39. The number of amides is 1. The second-order valence-corrected chi connectivity index (χ2v) is 4.71. The predicted octanol–water partition coefficient (Wildman–Crippen LogP) is 2.67. The second-order valence-electron chi connectivity index (χ2n) is 4.71. The van der Waals surface area contributed by atoms with Gasteiger partial charge in [-0.05, 0) is 36.4 Å². The van der Waals surface area contributed by atoms with Crippen molar-refractivity contribution in [2.45, 2.75) is 0 Å². The summed E-state index contributed by atoms with van der Waals surface area (Å²) in [6.45, 7) is 0. The molecular weight excluding hydrogens is 266 g/mol. The zero-order valence-electron chi connectivity index (χ0n) is 10.9. The Labute approximate surface area is 119 Å². The number of carbonyl (C=O) groups is 1. The third-order valence-electron chi connectivity index (χ3n) is 3.40. The van der Waals surface area contributed by atoms with Crippen LogP contribution in [0.15, 0.2) is 42.7 Å². The molecule has 1 amide bonds. The van der Waals surface area contributed by atoms with E-state index in [1.807, 2.05) is 36.4 Å². The van der Waals surface area contributed by atoms with Crippen molar-refractivity contribution in [1.29, 1.82) is 0 Å². The largest absolute Gasteiger partial charge is 0.345 e. The van der Waals surface area contributed by atoms with Crippen LogP contribution in [0.5, 0.6) is 0 Å². The number of H-pyrrole nitrogens is 2. The number of aromatic nitrogens is 4. The molecule has 6 nitrogen and oxygen atoms in total. The van der Waals surface area contributed by atoms with Crippen molar-refractivity contribution >= 4 is 34.2 Å². The first-order valence-corrected chi connectivity index (χ1v) is 6.47. The molecule has 0 aliphatic carbocycles. The first-order chi connectivity index (χ1) is 10.3. The number of hydrogen-bond acceptors (Lipinski definition) is 3. The van der Waals surface area contributed by atoms with E-state index < -0.39 is 0 Å². The first kappa shape index (κ1) is 11.7. The van der Waals surface area contributed by atoms with Gasteiger partial charge in [0.25, 0.3) is 0 Å². The Morgan fingerprint density at radius 3 is 2.86 bits per heavy atom. The number of benzene rings is 2. The van der Waals surface area contributed by atoms with Crippen LogP contribution in [0.1, 0.15) is 0 Å². The summed E-state index contributed by atoms with van der Waals surface area (Å²) < 4.78 is 0. The molecule has 3 N–H and O–H groups in total. The van der Waals surface area contributed by atoms with E-state index in [9.17, 15) is 4.79 Å². The first-order valence-electron chi connectivity index (χ1n) is 6.47. The van der Waals surface area contributed by atoms with Crippen LogP contribution in [0.25, 0.3) is 33.5 Å². The normalized spacial score (nSPS) is 11.0. The van der Waals surface area contributed by atoms with Gasteiger partial charge < -0.3 is 15.3 Å². The van der Waals surface area contributed by atoms with Crippen molar-refractivity contribution in [2.75, 3.05) is 5.32 Å². The van der Waals surface area contributed by atoms with Gasteiger partial charge in [-0.25, -0.2) is 9.97 Å². The fraction of sp³-hybridized carbons (Fsp3) is 0. The van der Waals surface area contributed by atoms with Crippen LogP contribution >= 0.6 is 0 Å². The molecular formula is C15H11N5O. The molecule has 2 aromatic heterocycles. The van der Waals surface area contributed by atoms with Gasteiger partial charge in [0, 0.05) is 11.3 Å². The maximum atomic E-state index is 10.5. The van der Waals surface area contributed by atoms with Gasteiger partial charge in [-0.15, -0.1) is 0 Å². The highest BCUT2D eigenvalue weighted by Gasteiger charge is 2.07. The topological polar surface area (TPSA) is 86.5 Å². The van der Waals surface area contributed by atoms with Crippen LogP contribution in [0.4, 0.5) is 5.69 Å². The van der Waals surface area contributed by atoms with Crippen LogP contribution in [0.3, 0.4) is 0 Å². The van der Waals surface area contributed by atoms with E-state index in [1.54, 1.807) is 6.33 Å². The Morgan fingerprint density at radius 1 is 1.05 bits per heavy atom. The van der Waals surface area contributed by atoms with Gasteiger partial charge >= 0.3 is 0 Å². The molecule has 4 aromatic rings. The molecule has 0 atom stereocenters. The van der Waals surface area contributed by atoms with E-state index in [0.29, 0.717) is 6.41 Å². The summed E-state index contributed by atoms with van der Waals surface area (Å²) in [5.41, 5.74) is 5.33. The molecule has 0 spiro atoms. The number of anilines is 1. The monoisotopic (exact) mass is 277 g/mol. The summed E-state index contributed by atoms with van der Waals surface area (Å²) in [5, 5.41) is 2.63. The van der Waals surface area contributed by atoms with Gasteiger partial charge in [-0.1, -0.05) is 0 Å². The summed E-state index contributed by atoms with van der Waals surface area (Å²) >= 11 is 0. The van der Waals surface area contributed by atoms with E-state index in [2.05, 4.69) is 25.3 Å². The molecule has 4 rings (SSSR count). The molecule has 102 valence electrons. The average Bonchev–Trinajstić information content (AvgIpc) is 3.12. The molecule has 6 heteroatoms. The van der Waals surface area contributed by atoms with E-state index in [1.165, 1.54) is 0 Å². The van der Waals surface area contributed by atoms with Crippen molar-refractivity contribution < 1.29 is 4.79 Å². The average molecular weight is 277 g/mol. The summed E-state index contributed by atoms with van der Waals surface area (Å²) in [5.74, 6) is 0.782. The molecule has 2 heterocycles. The number of imidazole rings is 2. The minimum atomic E-state index is 0.657. The lowest BCUT2D eigenvalue weighted by Crippen LogP contribution is -1.92. The maximum absolute atomic E-state index is 10.5. The van der Waals surface area contributed by atoms with Crippen molar-refractivity contribution in [2.24, 2.45) is 0 Å². The number of hydrogen-bond donors (Lipinski definition) is 3. The van der Waals surface area contributed by atoms with Gasteiger partial charge in [-0.3, -0.25) is 4.79 Å². The van der Waals surface area contributed by atoms with Gasteiger partial charge in [0.1, 0.15) is 5.82 Å². The second kappa shape index (κ2) is 4.45. The van der Waals surface area contributed by atoms with Crippen LogP contribution in [-0.4, -0.2) is 26.3 Å². The Balaban J connectivity index is 1.83. The van der Waals surface area contributed by atoms with E-state index >= 15 is 0 Å². The summed E-state index contributed by atoms with van der Waals surface area (Å²) in [6.07, 6.45) is 2.33. The number of rotatable bonds is 3. The minimum absolute atomic E-state index is 0.657. The molecule has 0 fully saturated rings. The molecule has 0 aliphatic rings. The SMILES string of the molecule is O=CNc1ccc2nc(-c3ccc4nc[nH]c4c3)[nH]c2c1. The number of nitrogens with one attached hydrogen (secondary N) is 3. The molecule has 0 radical (unpaired) electrons. The zero-order valence-corrected chi connectivity index (χ0v) is 10.9. The molecule has 0 aliphatic heterocycles. The minimum Gasteiger partial charge on any atom is -0.345 e. The highest BCUT2D eigenvalue weighted by molar-refractivity contribution is 5.87. The number of fused-ring (bicyclic) bond motifs is 2. The maximum Gasteiger partial charge on any atom is 0.211 e. The molecule has 0 saturated carbocycles. The summed E-state index contributed by atoms with van der Waals surface area (Å²) in [6, 6.07) is 11.5. The standard InChI is InChI=1S/C15H11N5O/c21-8-18-10-2-4-12-14(6-10)20-15(19-12)9-1-3-11-13(5-9)17-7-16-11/h1-8H,(H,16,17)(H,18,21)(H,19,20). The lowest BCUT2D eigenvalue weighted by Gasteiger charge is -1.96. The van der Waals surface area contributed by atoms with Gasteiger partial charge in [0.05, 0.1) is 28.4 Å². The van der Waals surface area contributed by atoms with Crippen LogP contribution in [0, 0.1) is 0 Å².